The standard InChI is InChI=1S/C58H38N4/c1-3-18-43(19-4-1)61-55-32-30-48-37-52(55)53-38-49(31-33-56(53)61)60(57-27-13-25-51-50-24-9-10-26-54(50)62(58(51)57)44-20-5-2-6-21-44)46-23-12-17-42(36-46)41-16-11-22-45(35-41)59(48)47-29-28-39-14-7-8-15-40(39)34-47/h1-38H. The van der Waals surface area contributed by atoms with E-state index in [0.717, 1.165) is 72.1 Å². The largest absolute Gasteiger partial charge is 0.310 e. The van der Waals surface area contributed by atoms with Crippen molar-refractivity contribution < 1.29 is 0 Å². The molecule has 10 aromatic carbocycles. The summed E-state index contributed by atoms with van der Waals surface area (Å²) in [6, 6.07) is 84.6. The highest BCUT2D eigenvalue weighted by molar-refractivity contribution is 6.14. The Hall–Kier alpha value is -8.34. The lowest BCUT2D eigenvalue weighted by Gasteiger charge is -2.16. The fourth-order valence-corrected chi connectivity index (χ4v) is 10.00. The number of rotatable bonds is 4. The first-order valence-corrected chi connectivity index (χ1v) is 21.3. The number of hydrogen-bond donors (Lipinski definition) is 0. The van der Waals surface area contributed by atoms with E-state index in [1.54, 1.807) is 0 Å². The van der Waals surface area contributed by atoms with E-state index >= 15 is 0 Å². The van der Waals surface area contributed by atoms with Crippen LogP contribution in [0.5, 0.6) is 0 Å². The third kappa shape index (κ3) is 5.27. The Morgan fingerprint density at radius 3 is 1.44 bits per heavy atom. The van der Waals surface area contributed by atoms with Crippen molar-refractivity contribution in [2.75, 3.05) is 0 Å². The topological polar surface area (TPSA) is 19.7 Å². The Bertz CT molecular complexity index is 3970. The Morgan fingerprint density at radius 1 is 0.226 bits per heavy atom. The van der Waals surface area contributed by atoms with Gasteiger partial charge in [0.05, 0.1) is 27.8 Å². The fourth-order valence-electron chi connectivity index (χ4n) is 10.00. The molecule has 0 spiro atoms. The summed E-state index contributed by atoms with van der Waals surface area (Å²) in [6.45, 7) is 0. The van der Waals surface area contributed by atoms with E-state index in [1.165, 1.54) is 37.8 Å². The van der Waals surface area contributed by atoms with Crippen LogP contribution in [0.3, 0.4) is 0 Å². The summed E-state index contributed by atoms with van der Waals surface area (Å²) < 4.78 is 9.73. The molecule has 0 aliphatic rings. The van der Waals surface area contributed by atoms with E-state index in [1.807, 2.05) is 0 Å². The van der Waals surface area contributed by atoms with E-state index in [2.05, 4.69) is 249 Å². The molecular formula is C58H38N4. The summed E-state index contributed by atoms with van der Waals surface area (Å²) in [7, 11) is 0. The maximum Gasteiger partial charge on any atom is 0.0782 e. The number of hydrogen-bond acceptors (Lipinski definition) is 0. The second kappa shape index (κ2) is 13.6. The third-order valence-electron chi connectivity index (χ3n) is 12.7. The molecule has 0 amide bonds. The summed E-state index contributed by atoms with van der Waals surface area (Å²) in [5.41, 5.74) is 13.5. The van der Waals surface area contributed by atoms with Crippen molar-refractivity contribution in [3.05, 3.63) is 231 Å². The smallest absolute Gasteiger partial charge is 0.0782 e. The van der Waals surface area contributed by atoms with Gasteiger partial charge in [0.2, 0.25) is 0 Å². The molecule has 0 aliphatic heterocycles. The number of benzene rings is 10. The van der Waals surface area contributed by atoms with Gasteiger partial charge in [-0.1, -0.05) is 121 Å². The van der Waals surface area contributed by atoms with E-state index < -0.39 is 0 Å². The van der Waals surface area contributed by atoms with Crippen molar-refractivity contribution in [2.45, 2.75) is 0 Å². The molecule has 290 valence electrons. The van der Waals surface area contributed by atoms with Gasteiger partial charge in [0, 0.05) is 60.7 Å². The Labute approximate surface area is 357 Å². The van der Waals surface area contributed by atoms with Crippen LogP contribution in [-0.4, -0.2) is 18.3 Å². The van der Waals surface area contributed by atoms with Gasteiger partial charge in [0.1, 0.15) is 0 Å². The molecule has 8 bridgehead atoms. The van der Waals surface area contributed by atoms with Crippen molar-refractivity contribution in [3.8, 4) is 22.7 Å². The Balaban J connectivity index is 1.23. The predicted octanol–water partition coefficient (Wildman–Crippen LogP) is 15.2. The monoisotopic (exact) mass is 790 g/mol. The van der Waals surface area contributed by atoms with E-state index in [-0.39, 0.29) is 0 Å². The van der Waals surface area contributed by atoms with Crippen LogP contribution < -0.4 is 0 Å². The lowest BCUT2D eigenvalue weighted by molar-refractivity contribution is 1.12. The first-order chi connectivity index (χ1) is 30.7. The van der Waals surface area contributed by atoms with Crippen LogP contribution in [0.25, 0.3) is 110 Å². The molecule has 13 aromatic rings. The predicted molar refractivity (Wildman–Crippen MR) is 261 cm³/mol. The van der Waals surface area contributed by atoms with Crippen molar-refractivity contribution in [2.24, 2.45) is 0 Å². The molecule has 0 fully saturated rings. The summed E-state index contributed by atoms with van der Waals surface area (Å²) in [6.07, 6.45) is 0. The molecule has 4 heteroatoms. The quantitative estimate of drug-likeness (QED) is 0.169. The van der Waals surface area contributed by atoms with E-state index in [9.17, 15) is 0 Å². The minimum Gasteiger partial charge on any atom is -0.310 e. The summed E-state index contributed by atoms with van der Waals surface area (Å²) >= 11 is 0. The average molecular weight is 791 g/mol. The second-order valence-electron chi connectivity index (χ2n) is 16.2. The molecule has 13 rings (SSSR count). The van der Waals surface area contributed by atoms with Gasteiger partial charge in [-0.3, -0.25) is 0 Å². The highest BCUT2D eigenvalue weighted by Gasteiger charge is 2.19. The van der Waals surface area contributed by atoms with Gasteiger partial charge in [0.25, 0.3) is 0 Å². The minimum absolute atomic E-state index is 1.08. The number of aromatic nitrogens is 4. The molecule has 0 atom stereocenters. The van der Waals surface area contributed by atoms with E-state index in [0.29, 0.717) is 0 Å². The van der Waals surface area contributed by atoms with Crippen molar-refractivity contribution in [1.82, 2.24) is 18.3 Å². The summed E-state index contributed by atoms with van der Waals surface area (Å²) in [5, 5.41) is 9.54. The number of nitrogens with zero attached hydrogens (tertiary/aromatic N) is 4. The van der Waals surface area contributed by atoms with Crippen molar-refractivity contribution in [3.63, 3.8) is 0 Å². The van der Waals surface area contributed by atoms with Gasteiger partial charge in [-0.2, -0.15) is 0 Å². The zero-order chi connectivity index (χ0) is 40.7. The van der Waals surface area contributed by atoms with Crippen LogP contribution in [0.4, 0.5) is 0 Å². The zero-order valence-corrected chi connectivity index (χ0v) is 33.7. The number of para-hydroxylation sites is 4. The van der Waals surface area contributed by atoms with Gasteiger partial charge in [0.15, 0.2) is 0 Å². The first kappa shape index (κ1) is 34.5. The Morgan fingerprint density at radius 2 is 0.726 bits per heavy atom. The first-order valence-electron chi connectivity index (χ1n) is 21.3. The molecule has 0 radical (unpaired) electrons. The highest BCUT2D eigenvalue weighted by atomic mass is 15.1. The van der Waals surface area contributed by atoms with Crippen LogP contribution in [0, 0.1) is 0 Å². The van der Waals surface area contributed by atoms with Crippen molar-refractivity contribution >= 4 is 87.2 Å². The maximum atomic E-state index is 2.47. The minimum atomic E-state index is 1.08. The van der Waals surface area contributed by atoms with Gasteiger partial charge >= 0.3 is 0 Å². The zero-order valence-electron chi connectivity index (χ0n) is 33.7. The maximum absolute atomic E-state index is 2.47. The van der Waals surface area contributed by atoms with Gasteiger partial charge in [-0.15, -0.1) is 0 Å². The summed E-state index contributed by atoms with van der Waals surface area (Å²) in [4.78, 5) is 0. The Kier molecular flexibility index (Phi) is 7.57. The van der Waals surface area contributed by atoms with Crippen LogP contribution >= 0.6 is 0 Å². The average Bonchev–Trinajstić information content (AvgIpc) is 3.85. The highest BCUT2D eigenvalue weighted by Crippen LogP contribution is 2.39. The van der Waals surface area contributed by atoms with Crippen LogP contribution in [-0.2, 0) is 0 Å². The van der Waals surface area contributed by atoms with Crippen molar-refractivity contribution in [1.29, 1.82) is 0 Å². The fraction of sp³-hybridized carbons (Fsp3) is 0. The molecule has 0 saturated heterocycles. The lowest BCUT2D eigenvalue weighted by Crippen LogP contribution is -2.02. The van der Waals surface area contributed by atoms with Crippen LogP contribution in [0.1, 0.15) is 0 Å². The number of fused-ring (bicyclic) bond motifs is 11. The van der Waals surface area contributed by atoms with Gasteiger partial charge < -0.3 is 18.3 Å². The van der Waals surface area contributed by atoms with E-state index in [4.69, 9.17) is 0 Å². The normalized spacial score (nSPS) is 11.9. The molecule has 0 N–H and O–H groups in total. The molecule has 0 saturated carbocycles. The third-order valence-corrected chi connectivity index (χ3v) is 12.7. The lowest BCUT2D eigenvalue weighted by atomic mass is 10.1. The molecule has 62 heavy (non-hydrogen) atoms. The van der Waals surface area contributed by atoms with Gasteiger partial charge in [-0.05, 0) is 131 Å². The van der Waals surface area contributed by atoms with Gasteiger partial charge in [-0.25, -0.2) is 0 Å². The summed E-state index contributed by atoms with van der Waals surface area (Å²) in [5.74, 6) is 0. The molecule has 3 aromatic heterocycles. The van der Waals surface area contributed by atoms with Crippen LogP contribution in [0.15, 0.2) is 231 Å². The molecular weight excluding hydrogens is 753 g/mol. The second-order valence-corrected chi connectivity index (χ2v) is 16.2. The SMILES string of the molecule is c1ccc(-n2c3ccc4cc3c3cc(ccc32)n(-c2cccc3c5ccccc5n(-c5ccccc5)c23)c2cccc(c2)c2cccc(c2)n4-c2ccc3ccccc3c2)cc1. The van der Waals surface area contributed by atoms with Crippen LogP contribution in [0.2, 0.25) is 0 Å². The molecule has 3 heterocycles. The molecule has 0 unspecified atom stereocenters. The molecule has 0 aliphatic carbocycles. The molecule has 4 nitrogen and oxygen atoms in total.